The van der Waals surface area contributed by atoms with Gasteiger partial charge in [-0.15, -0.1) is 0 Å². The Morgan fingerprint density at radius 2 is 1.95 bits per heavy atom. The van der Waals surface area contributed by atoms with Gasteiger partial charge in [0.15, 0.2) is 0 Å². The van der Waals surface area contributed by atoms with Crippen molar-refractivity contribution in [2.24, 2.45) is 0 Å². The maximum atomic E-state index is 13.5. The molecule has 0 spiro atoms. The first kappa shape index (κ1) is 16.1. The highest BCUT2D eigenvalue weighted by atomic mass is 19.1. The maximum Gasteiger partial charge on any atom is 0.224 e. The number of amides is 2. The van der Waals surface area contributed by atoms with E-state index in [2.05, 4.69) is 10.6 Å². The van der Waals surface area contributed by atoms with E-state index < -0.39 is 5.82 Å². The molecule has 4 nitrogen and oxygen atoms in total. The number of carbonyl (C=O) groups excluding carboxylic acids is 2. The monoisotopic (exact) mass is 280 g/mol. The molecule has 0 aliphatic carbocycles. The quantitative estimate of drug-likeness (QED) is 0.754. The number of anilines is 1. The Kier molecular flexibility index (Phi) is 6.70. The Morgan fingerprint density at radius 1 is 1.20 bits per heavy atom. The van der Waals surface area contributed by atoms with E-state index in [1.54, 1.807) is 19.1 Å². The Hall–Kier alpha value is -1.91. The first-order valence-electron chi connectivity index (χ1n) is 6.79. The van der Waals surface area contributed by atoms with Crippen LogP contribution in [-0.4, -0.2) is 18.4 Å². The second kappa shape index (κ2) is 8.30. The molecule has 1 aromatic rings. The van der Waals surface area contributed by atoms with Crippen molar-refractivity contribution >= 4 is 17.5 Å². The molecule has 5 heteroatoms. The predicted octanol–water partition coefficient (Wildman–Crippen LogP) is 2.77. The smallest absolute Gasteiger partial charge is 0.224 e. The predicted molar refractivity (Wildman–Crippen MR) is 76.9 cm³/mol. The number of carbonyl (C=O) groups is 2. The number of hydrogen-bond donors (Lipinski definition) is 2. The summed E-state index contributed by atoms with van der Waals surface area (Å²) in [4.78, 5) is 22.3. The van der Waals surface area contributed by atoms with Crippen LogP contribution in [0.15, 0.2) is 18.2 Å². The van der Waals surface area contributed by atoms with Crippen LogP contribution in [0.3, 0.4) is 0 Å². The number of benzene rings is 1. The van der Waals surface area contributed by atoms with Gasteiger partial charge in [-0.1, -0.05) is 12.5 Å². The highest BCUT2D eigenvalue weighted by Gasteiger charge is 2.06. The van der Waals surface area contributed by atoms with E-state index in [-0.39, 0.29) is 17.5 Å². The van der Waals surface area contributed by atoms with Crippen LogP contribution in [0, 0.1) is 12.7 Å². The van der Waals surface area contributed by atoms with Crippen molar-refractivity contribution in [3.05, 3.63) is 29.6 Å². The fourth-order valence-electron chi connectivity index (χ4n) is 1.79. The molecule has 0 aromatic heterocycles. The topological polar surface area (TPSA) is 58.2 Å². The number of rotatable bonds is 7. The second-order valence-corrected chi connectivity index (χ2v) is 4.83. The zero-order chi connectivity index (χ0) is 15.0. The molecule has 0 aliphatic heterocycles. The highest BCUT2D eigenvalue weighted by molar-refractivity contribution is 5.90. The molecular formula is C15H21FN2O2. The molecule has 0 aliphatic rings. The third kappa shape index (κ3) is 6.31. The van der Waals surface area contributed by atoms with Crippen LogP contribution >= 0.6 is 0 Å². The van der Waals surface area contributed by atoms with Crippen molar-refractivity contribution in [1.82, 2.24) is 5.32 Å². The third-order valence-corrected chi connectivity index (χ3v) is 2.85. The lowest BCUT2D eigenvalue weighted by atomic mass is 10.1. The number of nitrogens with one attached hydrogen (secondary N) is 2. The van der Waals surface area contributed by atoms with Crippen molar-refractivity contribution in [2.75, 3.05) is 11.9 Å². The van der Waals surface area contributed by atoms with Gasteiger partial charge in [0.1, 0.15) is 5.82 Å². The Bertz CT molecular complexity index is 475. The Balaban J connectivity index is 2.22. The van der Waals surface area contributed by atoms with Crippen LogP contribution < -0.4 is 10.6 Å². The molecule has 0 unspecified atom stereocenters. The van der Waals surface area contributed by atoms with Gasteiger partial charge in [-0.25, -0.2) is 4.39 Å². The van der Waals surface area contributed by atoms with Gasteiger partial charge in [0, 0.05) is 19.9 Å². The molecule has 2 N–H and O–H groups in total. The van der Waals surface area contributed by atoms with Crippen molar-refractivity contribution in [2.45, 2.75) is 39.5 Å². The largest absolute Gasteiger partial charge is 0.356 e. The molecule has 0 saturated carbocycles. The van der Waals surface area contributed by atoms with E-state index in [0.29, 0.717) is 13.0 Å². The van der Waals surface area contributed by atoms with Gasteiger partial charge in [-0.3, -0.25) is 9.59 Å². The standard InChI is InChI=1S/C15H21FN2O2/c1-11-7-8-14(13(16)10-11)18-15(20)6-4-3-5-9-17-12(2)19/h7-8,10H,3-6,9H2,1-2H3,(H,17,19)(H,18,20). The minimum atomic E-state index is -0.413. The van der Waals surface area contributed by atoms with E-state index in [1.165, 1.54) is 13.0 Å². The summed E-state index contributed by atoms with van der Waals surface area (Å²) in [5, 5.41) is 5.26. The zero-order valence-corrected chi connectivity index (χ0v) is 12.0. The molecular weight excluding hydrogens is 259 g/mol. The van der Waals surface area contributed by atoms with E-state index in [1.807, 2.05) is 0 Å². The van der Waals surface area contributed by atoms with Crippen molar-refractivity contribution in [1.29, 1.82) is 0 Å². The van der Waals surface area contributed by atoms with Gasteiger partial charge in [0.05, 0.1) is 5.69 Å². The molecule has 0 atom stereocenters. The summed E-state index contributed by atoms with van der Waals surface area (Å²) in [7, 11) is 0. The summed E-state index contributed by atoms with van der Waals surface area (Å²) in [6.07, 6.45) is 2.77. The van der Waals surface area contributed by atoms with Crippen molar-refractivity contribution < 1.29 is 14.0 Å². The van der Waals surface area contributed by atoms with E-state index in [0.717, 1.165) is 24.8 Å². The van der Waals surface area contributed by atoms with Crippen molar-refractivity contribution in [3.63, 3.8) is 0 Å². The highest BCUT2D eigenvalue weighted by Crippen LogP contribution is 2.15. The normalized spacial score (nSPS) is 10.2. The first-order chi connectivity index (χ1) is 9.49. The molecule has 1 rings (SSSR count). The molecule has 20 heavy (non-hydrogen) atoms. The molecule has 0 fully saturated rings. The molecule has 1 aromatic carbocycles. The summed E-state index contributed by atoms with van der Waals surface area (Å²) < 4.78 is 13.5. The molecule has 0 radical (unpaired) electrons. The minimum absolute atomic E-state index is 0.0439. The maximum absolute atomic E-state index is 13.5. The SMILES string of the molecule is CC(=O)NCCCCCC(=O)Nc1ccc(C)cc1F. The number of unbranched alkanes of at least 4 members (excludes halogenated alkanes) is 2. The van der Waals surface area contributed by atoms with Gasteiger partial charge in [-0.05, 0) is 37.5 Å². The van der Waals surface area contributed by atoms with E-state index >= 15 is 0 Å². The zero-order valence-electron chi connectivity index (χ0n) is 12.0. The summed E-state index contributed by atoms with van der Waals surface area (Å²) in [5.74, 6) is -0.645. The molecule has 0 saturated heterocycles. The average Bonchev–Trinajstić information content (AvgIpc) is 2.36. The van der Waals surface area contributed by atoms with Crippen LogP contribution in [0.5, 0.6) is 0 Å². The molecule has 110 valence electrons. The number of halogens is 1. The van der Waals surface area contributed by atoms with Crippen LogP contribution in [0.1, 0.15) is 38.2 Å². The number of aryl methyl sites for hydroxylation is 1. The fraction of sp³-hybridized carbons (Fsp3) is 0.467. The lowest BCUT2D eigenvalue weighted by Crippen LogP contribution is -2.20. The number of hydrogen-bond acceptors (Lipinski definition) is 2. The summed E-state index contributed by atoms with van der Waals surface area (Å²) in [6.45, 7) is 3.90. The minimum Gasteiger partial charge on any atom is -0.356 e. The van der Waals surface area contributed by atoms with Gasteiger partial charge < -0.3 is 10.6 Å². The average molecular weight is 280 g/mol. The molecule has 0 heterocycles. The van der Waals surface area contributed by atoms with Crippen molar-refractivity contribution in [3.8, 4) is 0 Å². The lowest BCUT2D eigenvalue weighted by molar-refractivity contribution is -0.119. The van der Waals surface area contributed by atoms with Crippen LogP contribution in [0.2, 0.25) is 0 Å². The summed E-state index contributed by atoms with van der Waals surface area (Å²) in [6, 6.07) is 4.72. The summed E-state index contributed by atoms with van der Waals surface area (Å²) >= 11 is 0. The summed E-state index contributed by atoms with van der Waals surface area (Å²) in [5.41, 5.74) is 1.04. The van der Waals surface area contributed by atoms with E-state index in [4.69, 9.17) is 0 Å². The van der Waals surface area contributed by atoms with Gasteiger partial charge in [0.25, 0.3) is 0 Å². The van der Waals surface area contributed by atoms with Gasteiger partial charge in [0.2, 0.25) is 11.8 Å². The van der Waals surface area contributed by atoms with Gasteiger partial charge >= 0.3 is 0 Å². The fourth-order valence-corrected chi connectivity index (χ4v) is 1.79. The molecule has 0 bridgehead atoms. The van der Waals surface area contributed by atoms with Crippen LogP contribution in [-0.2, 0) is 9.59 Å². The van der Waals surface area contributed by atoms with Crippen LogP contribution in [0.25, 0.3) is 0 Å². The second-order valence-electron chi connectivity index (χ2n) is 4.83. The van der Waals surface area contributed by atoms with E-state index in [9.17, 15) is 14.0 Å². The Morgan fingerprint density at radius 3 is 2.60 bits per heavy atom. The first-order valence-corrected chi connectivity index (χ1v) is 6.79. The lowest BCUT2D eigenvalue weighted by Gasteiger charge is -2.07. The third-order valence-electron chi connectivity index (χ3n) is 2.85. The van der Waals surface area contributed by atoms with Crippen LogP contribution in [0.4, 0.5) is 10.1 Å². The molecule has 2 amide bonds. The Labute approximate surface area is 118 Å². The van der Waals surface area contributed by atoms with Gasteiger partial charge in [-0.2, -0.15) is 0 Å².